The number of carbonyl (C=O) groups excluding carboxylic acids is 1. The lowest BCUT2D eigenvalue weighted by Gasteiger charge is -2.09. The van der Waals surface area contributed by atoms with Crippen molar-refractivity contribution in [2.24, 2.45) is 0 Å². The number of nitrogens with one attached hydrogen (secondary N) is 2. The van der Waals surface area contributed by atoms with Gasteiger partial charge in [-0.1, -0.05) is 17.7 Å². The van der Waals surface area contributed by atoms with Gasteiger partial charge >= 0.3 is 0 Å². The molecule has 1 amide bonds. The van der Waals surface area contributed by atoms with Crippen LogP contribution in [0.4, 0.5) is 30.2 Å². The summed E-state index contributed by atoms with van der Waals surface area (Å²) in [7, 11) is 0. The average Bonchev–Trinajstić information content (AvgIpc) is 2.63. The predicted molar refractivity (Wildman–Crippen MR) is 93.2 cm³/mol. The normalized spacial score (nSPS) is 10.5. The zero-order chi connectivity index (χ0) is 18.7. The van der Waals surface area contributed by atoms with Crippen LogP contribution < -0.4 is 10.6 Å². The summed E-state index contributed by atoms with van der Waals surface area (Å²) in [4.78, 5) is 16.1. The fourth-order valence-electron chi connectivity index (χ4n) is 2.14. The van der Waals surface area contributed by atoms with Crippen LogP contribution in [-0.4, -0.2) is 10.9 Å². The molecule has 0 fully saturated rings. The van der Waals surface area contributed by atoms with Crippen molar-refractivity contribution in [2.75, 3.05) is 10.6 Å². The highest BCUT2D eigenvalue weighted by molar-refractivity contribution is 6.30. The van der Waals surface area contributed by atoms with Gasteiger partial charge in [-0.05, 0) is 42.5 Å². The zero-order valence-electron chi connectivity index (χ0n) is 13.1. The van der Waals surface area contributed by atoms with Crippen molar-refractivity contribution in [1.82, 2.24) is 4.98 Å². The van der Waals surface area contributed by atoms with E-state index in [-0.39, 0.29) is 11.4 Å². The van der Waals surface area contributed by atoms with Crippen LogP contribution in [0.25, 0.3) is 0 Å². The largest absolute Gasteiger partial charge is 0.352 e. The van der Waals surface area contributed by atoms with E-state index >= 15 is 0 Å². The summed E-state index contributed by atoms with van der Waals surface area (Å²) in [5, 5.41) is 5.68. The number of carbonyl (C=O) groups is 1. The van der Waals surface area contributed by atoms with Crippen LogP contribution >= 0.6 is 11.6 Å². The van der Waals surface area contributed by atoms with Crippen molar-refractivity contribution in [2.45, 2.75) is 0 Å². The number of anilines is 3. The fourth-order valence-corrected chi connectivity index (χ4v) is 2.33. The number of aromatic nitrogens is 1. The molecule has 8 heteroatoms. The Hall–Kier alpha value is -3.06. The van der Waals surface area contributed by atoms with Crippen molar-refractivity contribution in [3.8, 4) is 0 Å². The fraction of sp³-hybridized carbons (Fsp3) is 0. The van der Waals surface area contributed by atoms with Gasteiger partial charge in [-0.2, -0.15) is 0 Å². The second kappa shape index (κ2) is 7.45. The van der Waals surface area contributed by atoms with E-state index in [0.717, 1.165) is 12.1 Å². The molecule has 4 nitrogen and oxygen atoms in total. The Morgan fingerprint density at radius 1 is 0.962 bits per heavy atom. The minimum absolute atomic E-state index is 0.112. The van der Waals surface area contributed by atoms with Gasteiger partial charge in [-0.15, -0.1) is 0 Å². The molecule has 0 saturated heterocycles. The average molecular weight is 378 g/mol. The van der Waals surface area contributed by atoms with E-state index in [9.17, 15) is 18.0 Å². The Labute approximate surface area is 151 Å². The van der Waals surface area contributed by atoms with E-state index in [0.29, 0.717) is 16.4 Å². The van der Waals surface area contributed by atoms with Gasteiger partial charge in [-0.25, -0.2) is 18.2 Å². The SMILES string of the molecule is O=C(Nc1cccc(Cl)c1)c1ccc(Nc2ccc(F)c(F)c2F)cn1. The number of hydrogen-bond acceptors (Lipinski definition) is 3. The molecule has 2 aromatic carbocycles. The number of benzene rings is 2. The van der Waals surface area contributed by atoms with Gasteiger partial charge in [0, 0.05) is 10.7 Å². The van der Waals surface area contributed by atoms with Crippen LogP contribution in [0.5, 0.6) is 0 Å². The molecule has 0 aliphatic rings. The Balaban J connectivity index is 1.72. The Morgan fingerprint density at radius 3 is 2.46 bits per heavy atom. The monoisotopic (exact) mass is 377 g/mol. The van der Waals surface area contributed by atoms with Gasteiger partial charge in [0.25, 0.3) is 5.91 Å². The summed E-state index contributed by atoms with van der Waals surface area (Å²) in [6.07, 6.45) is 1.27. The zero-order valence-corrected chi connectivity index (χ0v) is 13.8. The number of nitrogens with zero attached hydrogens (tertiary/aromatic N) is 1. The second-order valence-corrected chi connectivity index (χ2v) is 5.68. The molecule has 3 aromatic rings. The first-order chi connectivity index (χ1) is 12.4. The third kappa shape index (κ3) is 3.94. The van der Waals surface area contributed by atoms with E-state index in [1.807, 2.05) is 0 Å². The number of rotatable bonds is 4. The van der Waals surface area contributed by atoms with Crippen LogP contribution in [0, 0.1) is 17.5 Å². The van der Waals surface area contributed by atoms with Crippen molar-refractivity contribution in [3.63, 3.8) is 0 Å². The Morgan fingerprint density at radius 2 is 1.77 bits per heavy atom. The molecule has 0 bridgehead atoms. The molecule has 0 saturated carbocycles. The topological polar surface area (TPSA) is 54.0 Å². The highest BCUT2D eigenvalue weighted by atomic mass is 35.5. The van der Waals surface area contributed by atoms with Crippen molar-refractivity contribution >= 4 is 34.6 Å². The summed E-state index contributed by atoms with van der Waals surface area (Å²) >= 11 is 5.85. The minimum atomic E-state index is -1.57. The maximum absolute atomic E-state index is 13.7. The second-order valence-electron chi connectivity index (χ2n) is 5.24. The Bertz CT molecular complexity index is 964. The molecule has 0 aliphatic heterocycles. The molecular formula is C18H11ClF3N3O. The maximum Gasteiger partial charge on any atom is 0.274 e. The summed E-state index contributed by atoms with van der Waals surface area (Å²) in [5.41, 5.74) is 0.674. The van der Waals surface area contributed by atoms with Gasteiger partial charge in [0.15, 0.2) is 17.5 Å². The molecule has 1 aromatic heterocycles. The minimum Gasteiger partial charge on any atom is -0.352 e. The lowest BCUT2D eigenvalue weighted by Crippen LogP contribution is -2.13. The number of hydrogen-bond donors (Lipinski definition) is 2. The molecule has 0 aliphatic carbocycles. The molecule has 3 rings (SSSR count). The predicted octanol–water partition coefficient (Wildman–Crippen LogP) is 5.15. The highest BCUT2D eigenvalue weighted by Gasteiger charge is 2.14. The molecule has 0 atom stereocenters. The third-order valence-corrected chi connectivity index (χ3v) is 3.63. The first kappa shape index (κ1) is 17.8. The lowest BCUT2D eigenvalue weighted by molar-refractivity contribution is 0.102. The molecule has 1 heterocycles. The van der Waals surface area contributed by atoms with E-state index in [1.165, 1.54) is 18.3 Å². The van der Waals surface area contributed by atoms with Crippen LogP contribution in [-0.2, 0) is 0 Å². The van der Waals surface area contributed by atoms with Crippen LogP contribution in [0.2, 0.25) is 5.02 Å². The van der Waals surface area contributed by atoms with E-state index in [1.54, 1.807) is 24.3 Å². The Kier molecular flexibility index (Phi) is 5.09. The molecule has 26 heavy (non-hydrogen) atoms. The van der Waals surface area contributed by atoms with Gasteiger partial charge < -0.3 is 10.6 Å². The summed E-state index contributed by atoms with van der Waals surface area (Å²) < 4.78 is 39.8. The van der Waals surface area contributed by atoms with E-state index in [4.69, 9.17) is 11.6 Å². The third-order valence-electron chi connectivity index (χ3n) is 3.39. The van der Waals surface area contributed by atoms with Crippen molar-refractivity contribution in [3.05, 3.63) is 82.9 Å². The van der Waals surface area contributed by atoms with Gasteiger partial charge in [-0.3, -0.25) is 4.79 Å². The van der Waals surface area contributed by atoms with E-state index in [2.05, 4.69) is 15.6 Å². The quantitative estimate of drug-likeness (QED) is 0.618. The smallest absolute Gasteiger partial charge is 0.274 e. The molecule has 0 unspecified atom stereocenters. The van der Waals surface area contributed by atoms with Gasteiger partial charge in [0.1, 0.15) is 5.69 Å². The van der Waals surface area contributed by atoms with Gasteiger partial charge in [0.05, 0.1) is 17.6 Å². The van der Waals surface area contributed by atoms with Gasteiger partial charge in [0.2, 0.25) is 0 Å². The van der Waals surface area contributed by atoms with E-state index < -0.39 is 23.4 Å². The first-order valence-corrected chi connectivity index (χ1v) is 7.75. The first-order valence-electron chi connectivity index (χ1n) is 7.37. The van der Waals surface area contributed by atoms with Crippen LogP contribution in [0.1, 0.15) is 10.5 Å². The molecule has 132 valence electrons. The summed E-state index contributed by atoms with van der Waals surface area (Å²) in [6, 6.07) is 11.4. The maximum atomic E-state index is 13.7. The number of amides is 1. The van der Waals surface area contributed by atoms with Crippen LogP contribution in [0.3, 0.4) is 0 Å². The van der Waals surface area contributed by atoms with Crippen LogP contribution in [0.15, 0.2) is 54.7 Å². The standard InChI is InChI=1S/C18H11ClF3N3O/c19-10-2-1-3-11(8-10)25-18(26)15-6-4-12(9-23-15)24-14-7-5-13(20)16(21)17(14)22/h1-9,24H,(H,25,26). The molecular weight excluding hydrogens is 367 g/mol. The summed E-state index contributed by atoms with van der Waals surface area (Å²) in [6.45, 7) is 0. The number of pyridine rings is 1. The highest BCUT2D eigenvalue weighted by Crippen LogP contribution is 2.23. The summed E-state index contributed by atoms with van der Waals surface area (Å²) in [5.74, 6) is -4.65. The molecule has 0 spiro atoms. The van der Waals surface area contributed by atoms with Crippen molar-refractivity contribution < 1.29 is 18.0 Å². The molecule has 0 radical (unpaired) electrons. The lowest BCUT2D eigenvalue weighted by atomic mass is 10.2. The number of halogens is 4. The molecule has 2 N–H and O–H groups in total. The van der Waals surface area contributed by atoms with Crippen molar-refractivity contribution in [1.29, 1.82) is 0 Å².